The van der Waals surface area contributed by atoms with Gasteiger partial charge < -0.3 is 10.1 Å². The van der Waals surface area contributed by atoms with Crippen molar-refractivity contribution in [2.75, 3.05) is 16.8 Å². The summed E-state index contributed by atoms with van der Waals surface area (Å²) in [6.45, 7) is 1.39. The number of anilines is 2. The van der Waals surface area contributed by atoms with Crippen molar-refractivity contribution in [3.8, 4) is 5.75 Å². The molecule has 2 N–H and O–H groups in total. The molecule has 0 spiro atoms. The standard InChI is InChI=1S/C26H16Br2Cl3N3O5/c1-12-2-3-14(29)9-21(12)34-25(37)16(24(36)33-26(34)38)6-13-7-17(27)23(18(28)8-13)39-11-22(35)32-15-4-5-19(30)20(31)10-15/h2-10H,11H2,1H3,(H,32,35)(H,33,36,38)/b16-6+. The van der Waals surface area contributed by atoms with Crippen molar-refractivity contribution in [1.82, 2.24) is 5.32 Å². The fourth-order valence-corrected chi connectivity index (χ4v) is 5.49. The fourth-order valence-electron chi connectivity index (χ4n) is 3.58. The Hall–Kier alpha value is -2.89. The molecule has 4 rings (SSSR count). The van der Waals surface area contributed by atoms with Gasteiger partial charge in [0.15, 0.2) is 6.61 Å². The molecule has 3 aromatic carbocycles. The van der Waals surface area contributed by atoms with Crippen molar-refractivity contribution in [2.24, 2.45) is 0 Å². The lowest BCUT2D eigenvalue weighted by atomic mass is 10.1. The first kappa shape index (κ1) is 29.1. The summed E-state index contributed by atoms with van der Waals surface area (Å²) >= 11 is 24.7. The third-order valence-electron chi connectivity index (χ3n) is 5.40. The van der Waals surface area contributed by atoms with Crippen molar-refractivity contribution < 1.29 is 23.9 Å². The van der Waals surface area contributed by atoms with E-state index in [4.69, 9.17) is 39.5 Å². The maximum absolute atomic E-state index is 13.2. The summed E-state index contributed by atoms with van der Waals surface area (Å²) in [6.07, 6.45) is 1.34. The Labute approximate surface area is 254 Å². The number of nitrogens with zero attached hydrogens (tertiary/aromatic N) is 1. The largest absolute Gasteiger partial charge is 0.481 e. The minimum Gasteiger partial charge on any atom is -0.481 e. The molecule has 1 fully saturated rings. The number of barbiturate groups is 1. The number of urea groups is 1. The minimum absolute atomic E-state index is 0.258. The first-order valence-corrected chi connectivity index (χ1v) is 13.7. The number of halogens is 5. The molecule has 0 unspecified atom stereocenters. The number of carbonyl (C=O) groups excluding carboxylic acids is 4. The van der Waals surface area contributed by atoms with Gasteiger partial charge in [-0.05, 0) is 98.5 Å². The van der Waals surface area contributed by atoms with Gasteiger partial charge in [-0.2, -0.15) is 0 Å². The lowest BCUT2D eigenvalue weighted by Gasteiger charge is -2.27. The molecule has 39 heavy (non-hydrogen) atoms. The number of hydrogen-bond acceptors (Lipinski definition) is 5. The van der Waals surface area contributed by atoms with E-state index >= 15 is 0 Å². The number of carbonyl (C=O) groups is 4. The zero-order chi connectivity index (χ0) is 28.4. The Morgan fingerprint density at radius 1 is 1.00 bits per heavy atom. The second-order valence-corrected chi connectivity index (χ2v) is 11.1. The molecule has 1 aliphatic heterocycles. The topological polar surface area (TPSA) is 105 Å². The van der Waals surface area contributed by atoms with Crippen LogP contribution in [0.3, 0.4) is 0 Å². The number of amides is 5. The van der Waals surface area contributed by atoms with E-state index < -0.39 is 23.8 Å². The zero-order valence-corrected chi connectivity index (χ0v) is 25.2. The highest BCUT2D eigenvalue weighted by Gasteiger charge is 2.37. The normalized spacial score (nSPS) is 14.5. The van der Waals surface area contributed by atoms with E-state index in [9.17, 15) is 19.2 Å². The van der Waals surface area contributed by atoms with E-state index in [0.29, 0.717) is 46.6 Å². The SMILES string of the molecule is Cc1ccc(Cl)cc1N1C(=O)NC(=O)/C(=C\c2cc(Br)c(OCC(=O)Nc3ccc(Cl)c(Cl)c3)c(Br)c2)C1=O. The van der Waals surface area contributed by atoms with Crippen LogP contribution >= 0.6 is 66.7 Å². The summed E-state index contributed by atoms with van der Waals surface area (Å²) in [5.41, 5.74) is 1.51. The highest BCUT2D eigenvalue weighted by molar-refractivity contribution is 9.11. The highest BCUT2D eigenvalue weighted by atomic mass is 79.9. The number of rotatable bonds is 6. The Morgan fingerprint density at radius 2 is 1.69 bits per heavy atom. The van der Waals surface area contributed by atoms with E-state index in [1.54, 1.807) is 43.3 Å². The Kier molecular flexibility index (Phi) is 9.03. The second-order valence-electron chi connectivity index (χ2n) is 8.17. The Morgan fingerprint density at radius 3 is 2.36 bits per heavy atom. The molecular formula is C26H16Br2Cl3N3O5. The maximum Gasteiger partial charge on any atom is 0.335 e. The van der Waals surface area contributed by atoms with E-state index in [1.165, 1.54) is 18.2 Å². The Bertz CT molecular complexity index is 1560. The molecule has 1 heterocycles. The molecule has 200 valence electrons. The average molecular weight is 717 g/mol. The van der Waals surface area contributed by atoms with E-state index in [0.717, 1.165) is 4.90 Å². The van der Waals surface area contributed by atoms with Crippen molar-refractivity contribution in [2.45, 2.75) is 6.92 Å². The van der Waals surface area contributed by atoms with E-state index in [2.05, 4.69) is 42.5 Å². The summed E-state index contributed by atoms with van der Waals surface area (Å²) in [6, 6.07) is 11.7. The molecular weight excluding hydrogens is 700 g/mol. The summed E-state index contributed by atoms with van der Waals surface area (Å²) in [5.74, 6) is -1.77. The van der Waals surface area contributed by atoms with Crippen LogP contribution in [0.15, 0.2) is 63.0 Å². The van der Waals surface area contributed by atoms with Crippen LogP contribution in [-0.2, 0) is 14.4 Å². The van der Waals surface area contributed by atoms with Crippen LogP contribution in [0.2, 0.25) is 15.1 Å². The summed E-state index contributed by atoms with van der Waals surface area (Å²) in [5, 5.41) is 5.82. The van der Waals surface area contributed by atoms with Crippen LogP contribution in [0.25, 0.3) is 6.08 Å². The number of nitrogens with one attached hydrogen (secondary N) is 2. The molecule has 0 bridgehead atoms. The van der Waals surface area contributed by atoms with Crippen LogP contribution in [0.5, 0.6) is 5.75 Å². The number of aryl methyl sites for hydroxylation is 1. The van der Waals surface area contributed by atoms with Crippen LogP contribution in [0, 0.1) is 6.92 Å². The average Bonchev–Trinajstić information content (AvgIpc) is 2.85. The van der Waals surface area contributed by atoms with Gasteiger partial charge in [-0.3, -0.25) is 19.7 Å². The van der Waals surface area contributed by atoms with E-state index in [-0.39, 0.29) is 17.9 Å². The molecule has 1 aliphatic rings. The van der Waals surface area contributed by atoms with Gasteiger partial charge in [0.1, 0.15) is 11.3 Å². The summed E-state index contributed by atoms with van der Waals surface area (Å²) in [4.78, 5) is 51.6. The molecule has 0 atom stereocenters. The van der Waals surface area contributed by atoms with Gasteiger partial charge in [0, 0.05) is 10.7 Å². The number of imide groups is 2. The van der Waals surface area contributed by atoms with Gasteiger partial charge in [0.25, 0.3) is 17.7 Å². The molecule has 8 nitrogen and oxygen atoms in total. The maximum atomic E-state index is 13.2. The van der Waals surface area contributed by atoms with Gasteiger partial charge in [-0.15, -0.1) is 0 Å². The van der Waals surface area contributed by atoms with Gasteiger partial charge >= 0.3 is 6.03 Å². The molecule has 0 aromatic heterocycles. The zero-order valence-electron chi connectivity index (χ0n) is 19.8. The van der Waals surface area contributed by atoms with Gasteiger partial charge in [0.2, 0.25) is 0 Å². The van der Waals surface area contributed by atoms with Gasteiger partial charge in [-0.25, -0.2) is 9.69 Å². The number of ether oxygens (including phenoxy) is 1. The molecule has 0 aliphatic carbocycles. The third kappa shape index (κ3) is 6.64. The van der Waals surface area contributed by atoms with Crippen molar-refractivity contribution in [1.29, 1.82) is 0 Å². The van der Waals surface area contributed by atoms with Gasteiger partial charge in [0.05, 0.1) is 24.7 Å². The quantitative estimate of drug-likeness (QED) is 0.208. The summed E-state index contributed by atoms with van der Waals surface area (Å²) < 4.78 is 6.54. The smallest absolute Gasteiger partial charge is 0.335 e. The lowest BCUT2D eigenvalue weighted by Crippen LogP contribution is -2.54. The van der Waals surface area contributed by atoms with E-state index in [1.807, 2.05) is 0 Å². The van der Waals surface area contributed by atoms with Crippen LogP contribution < -0.4 is 20.3 Å². The van der Waals surface area contributed by atoms with Crippen LogP contribution in [0.1, 0.15) is 11.1 Å². The van der Waals surface area contributed by atoms with Crippen LogP contribution in [-0.4, -0.2) is 30.4 Å². The molecule has 0 radical (unpaired) electrons. The predicted octanol–water partition coefficient (Wildman–Crippen LogP) is 7.16. The summed E-state index contributed by atoms with van der Waals surface area (Å²) in [7, 11) is 0. The second kappa shape index (κ2) is 12.1. The van der Waals surface area contributed by atoms with Gasteiger partial charge in [-0.1, -0.05) is 40.9 Å². The molecule has 0 saturated carbocycles. The number of hydrogen-bond donors (Lipinski definition) is 2. The van der Waals surface area contributed by atoms with Crippen LogP contribution in [0.4, 0.5) is 16.2 Å². The highest BCUT2D eigenvalue weighted by Crippen LogP contribution is 2.36. The van der Waals surface area contributed by atoms with Crippen molar-refractivity contribution in [3.63, 3.8) is 0 Å². The molecule has 13 heteroatoms. The first-order chi connectivity index (χ1) is 18.4. The molecule has 1 saturated heterocycles. The lowest BCUT2D eigenvalue weighted by molar-refractivity contribution is -0.122. The number of benzene rings is 3. The predicted molar refractivity (Wildman–Crippen MR) is 158 cm³/mol. The molecule has 5 amide bonds. The van der Waals surface area contributed by atoms with Crippen molar-refractivity contribution >= 4 is 108 Å². The van der Waals surface area contributed by atoms with Crippen molar-refractivity contribution in [3.05, 3.63) is 89.2 Å². The minimum atomic E-state index is -0.877. The monoisotopic (exact) mass is 713 g/mol. The molecule has 3 aromatic rings. The third-order valence-corrected chi connectivity index (χ3v) is 7.55. The Balaban J connectivity index is 1.53. The fraction of sp³-hybridized carbons (Fsp3) is 0.0769. The first-order valence-electron chi connectivity index (χ1n) is 11.0.